The number of anilines is 1. The maximum absolute atomic E-state index is 11.2. The lowest BCUT2D eigenvalue weighted by molar-refractivity contribution is -0.254. The van der Waals surface area contributed by atoms with Gasteiger partial charge in [-0.25, -0.2) is 0 Å². The van der Waals surface area contributed by atoms with Crippen LogP contribution in [0.1, 0.15) is 15.9 Å². The molecule has 0 fully saturated rings. The summed E-state index contributed by atoms with van der Waals surface area (Å²) < 4.78 is 11.1. The van der Waals surface area contributed by atoms with Gasteiger partial charge in [0, 0.05) is 33.9 Å². The Morgan fingerprint density at radius 2 is 1.95 bits per heavy atom. The van der Waals surface area contributed by atoms with Gasteiger partial charge < -0.3 is 24.7 Å². The van der Waals surface area contributed by atoms with Gasteiger partial charge in [0.1, 0.15) is 11.5 Å². The molecule has 2 aromatic carbocycles. The van der Waals surface area contributed by atoms with E-state index in [-0.39, 0.29) is 5.56 Å². The molecule has 2 aromatic rings. The quantitative estimate of drug-likeness (QED) is 0.852. The highest BCUT2D eigenvalue weighted by Crippen LogP contribution is 2.26. The molecule has 0 aliphatic rings. The normalized spacial score (nSPS) is 10.1. The zero-order valence-electron chi connectivity index (χ0n) is 12.2. The molecule has 0 unspecified atom stereocenters. The van der Waals surface area contributed by atoms with Crippen LogP contribution in [0, 0.1) is 0 Å². The summed E-state index contributed by atoms with van der Waals surface area (Å²) in [4.78, 5) is 11.2. The van der Waals surface area contributed by atoms with E-state index < -0.39 is 5.97 Å². The van der Waals surface area contributed by atoms with Crippen LogP contribution in [0.15, 0.2) is 40.9 Å². The van der Waals surface area contributed by atoms with Crippen molar-refractivity contribution in [3.8, 4) is 11.5 Å². The summed E-state index contributed by atoms with van der Waals surface area (Å²) >= 11 is 3.25. The number of benzene rings is 2. The Morgan fingerprint density at radius 3 is 2.59 bits per heavy atom. The van der Waals surface area contributed by atoms with Crippen LogP contribution >= 0.6 is 15.9 Å². The molecule has 22 heavy (non-hydrogen) atoms. The molecule has 0 radical (unpaired) electrons. The minimum atomic E-state index is -1.23. The van der Waals surface area contributed by atoms with E-state index in [0.29, 0.717) is 28.2 Å². The number of nitrogens with one attached hydrogen (secondary N) is 1. The Bertz CT molecular complexity index is 688. The zero-order valence-corrected chi connectivity index (χ0v) is 13.8. The highest BCUT2D eigenvalue weighted by Gasteiger charge is 2.08. The number of carboxylic acids is 1. The number of halogens is 1. The van der Waals surface area contributed by atoms with E-state index in [1.807, 2.05) is 12.1 Å². The topological polar surface area (TPSA) is 70.6 Å². The van der Waals surface area contributed by atoms with Gasteiger partial charge in [-0.2, -0.15) is 0 Å². The Hall–Kier alpha value is -2.21. The number of carbonyl (C=O) groups excluding carboxylic acids is 1. The average molecular weight is 365 g/mol. The summed E-state index contributed by atoms with van der Waals surface area (Å²) in [6.45, 7) is 0.412. The van der Waals surface area contributed by atoms with Crippen molar-refractivity contribution in [2.45, 2.75) is 6.54 Å². The first-order chi connectivity index (χ1) is 10.5. The Balaban J connectivity index is 2.22. The summed E-state index contributed by atoms with van der Waals surface area (Å²) in [6, 6.07) is 10.4. The molecule has 5 nitrogen and oxygen atoms in total. The number of carbonyl (C=O) groups is 1. The van der Waals surface area contributed by atoms with Crippen LogP contribution in [0.4, 0.5) is 5.69 Å². The first-order valence-electron chi connectivity index (χ1n) is 6.51. The number of ether oxygens (including phenoxy) is 2. The molecule has 0 atom stereocenters. The standard InChI is InChI=1S/C16H16BrNO4/c1-21-12-5-3-10(15(8-12)22-2)9-18-14-6-4-11(17)7-13(14)16(19)20/h3-8,18H,9H2,1-2H3,(H,19,20)/p-1. The van der Waals surface area contributed by atoms with Gasteiger partial charge in [-0.1, -0.05) is 15.9 Å². The fraction of sp³-hybridized carbons (Fsp3) is 0.188. The van der Waals surface area contributed by atoms with E-state index >= 15 is 0 Å². The van der Waals surface area contributed by atoms with Crippen molar-refractivity contribution in [1.82, 2.24) is 0 Å². The average Bonchev–Trinajstić information content (AvgIpc) is 2.53. The van der Waals surface area contributed by atoms with Crippen molar-refractivity contribution in [3.63, 3.8) is 0 Å². The van der Waals surface area contributed by atoms with Gasteiger partial charge in [-0.3, -0.25) is 0 Å². The molecule has 1 N–H and O–H groups in total. The third-order valence-electron chi connectivity index (χ3n) is 3.17. The molecule has 0 saturated carbocycles. The molecule has 0 saturated heterocycles. The van der Waals surface area contributed by atoms with E-state index in [0.717, 1.165) is 5.56 Å². The molecule has 0 aliphatic heterocycles. The smallest absolute Gasteiger partial charge is 0.127 e. The molecule has 2 rings (SSSR count). The molecule has 116 valence electrons. The van der Waals surface area contributed by atoms with E-state index in [1.165, 1.54) is 6.07 Å². The predicted octanol–water partition coefficient (Wildman–Crippen LogP) is 2.44. The molecule has 0 amide bonds. The number of hydrogen-bond acceptors (Lipinski definition) is 5. The van der Waals surface area contributed by atoms with E-state index in [1.54, 1.807) is 32.4 Å². The molecule has 0 heterocycles. The number of carboxylic acid groups (broad SMARTS) is 1. The fourth-order valence-electron chi connectivity index (χ4n) is 2.03. The van der Waals surface area contributed by atoms with Crippen LogP contribution in [-0.2, 0) is 6.54 Å². The minimum absolute atomic E-state index is 0.0989. The lowest BCUT2D eigenvalue weighted by Crippen LogP contribution is -2.23. The van der Waals surface area contributed by atoms with E-state index in [4.69, 9.17) is 9.47 Å². The molecule has 6 heteroatoms. The summed E-state index contributed by atoms with van der Waals surface area (Å²) in [5.41, 5.74) is 1.47. The van der Waals surface area contributed by atoms with Gasteiger partial charge in [-0.05, 0) is 30.3 Å². The Morgan fingerprint density at radius 1 is 1.18 bits per heavy atom. The van der Waals surface area contributed by atoms with Crippen LogP contribution in [0.2, 0.25) is 0 Å². The third-order valence-corrected chi connectivity index (χ3v) is 3.66. The lowest BCUT2D eigenvalue weighted by atomic mass is 10.1. The summed E-state index contributed by atoms with van der Waals surface area (Å²) in [5, 5.41) is 14.3. The van der Waals surface area contributed by atoms with Gasteiger partial charge in [0.25, 0.3) is 0 Å². The van der Waals surface area contributed by atoms with Crippen LogP contribution < -0.4 is 19.9 Å². The van der Waals surface area contributed by atoms with Gasteiger partial charge in [0.2, 0.25) is 0 Å². The van der Waals surface area contributed by atoms with E-state index in [2.05, 4.69) is 21.2 Å². The molecule has 0 aliphatic carbocycles. The van der Waals surface area contributed by atoms with Crippen molar-refractivity contribution in [3.05, 3.63) is 52.0 Å². The predicted molar refractivity (Wildman–Crippen MR) is 85.3 cm³/mol. The number of hydrogen-bond donors (Lipinski definition) is 1. The summed E-state index contributed by atoms with van der Waals surface area (Å²) in [7, 11) is 3.16. The van der Waals surface area contributed by atoms with Crippen molar-refractivity contribution >= 4 is 27.6 Å². The van der Waals surface area contributed by atoms with Crippen LogP contribution in [0.5, 0.6) is 11.5 Å². The monoisotopic (exact) mass is 364 g/mol. The van der Waals surface area contributed by atoms with Crippen molar-refractivity contribution < 1.29 is 19.4 Å². The maximum atomic E-state index is 11.2. The lowest BCUT2D eigenvalue weighted by Gasteiger charge is -2.15. The van der Waals surface area contributed by atoms with Gasteiger partial charge >= 0.3 is 0 Å². The highest BCUT2D eigenvalue weighted by atomic mass is 79.9. The number of methoxy groups -OCH3 is 2. The van der Waals surface area contributed by atoms with Gasteiger partial charge in [-0.15, -0.1) is 0 Å². The second-order valence-electron chi connectivity index (χ2n) is 4.51. The first kappa shape index (κ1) is 16.2. The summed E-state index contributed by atoms with van der Waals surface area (Å²) in [6.07, 6.45) is 0. The van der Waals surface area contributed by atoms with E-state index in [9.17, 15) is 9.90 Å². The maximum Gasteiger partial charge on any atom is 0.127 e. The fourth-order valence-corrected chi connectivity index (χ4v) is 2.39. The van der Waals surface area contributed by atoms with Gasteiger partial charge in [0.05, 0.1) is 20.2 Å². The molecular weight excluding hydrogens is 350 g/mol. The molecular formula is C16H15BrNO4-. The highest BCUT2D eigenvalue weighted by molar-refractivity contribution is 9.10. The largest absolute Gasteiger partial charge is 0.545 e. The Kier molecular flexibility index (Phi) is 5.27. The molecule has 0 aromatic heterocycles. The van der Waals surface area contributed by atoms with Gasteiger partial charge in [0.15, 0.2) is 0 Å². The zero-order chi connectivity index (χ0) is 16.1. The Labute approximate surface area is 137 Å². The second kappa shape index (κ2) is 7.17. The van der Waals surface area contributed by atoms with Crippen molar-refractivity contribution in [2.75, 3.05) is 19.5 Å². The van der Waals surface area contributed by atoms with Crippen LogP contribution in [0.3, 0.4) is 0 Å². The van der Waals surface area contributed by atoms with Crippen molar-refractivity contribution in [2.24, 2.45) is 0 Å². The summed E-state index contributed by atoms with van der Waals surface area (Å²) in [5.74, 6) is 0.129. The van der Waals surface area contributed by atoms with Crippen LogP contribution in [0.25, 0.3) is 0 Å². The van der Waals surface area contributed by atoms with Crippen molar-refractivity contribution in [1.29, 1.82) is 0 Å². The molecule has 0 spiro atoms. The first-order valence-corrected chi connectivity index (χ1v) is 7.30. The SMILES string of the molecule is COc1ccc(CNc2ccc(Br)cc2C(=O)[O-])c(OC)c1. The number of rotatable bonds is 6. The second-order valence-corrected chi connectivity index (χ2v) is 5.42. The minimum Gasteiger partial charge on any atom is -0.545 e. The third kappa shape index (κ3) is 3.71. The molecule has 0 bridgehead atoms. The van der Waals surface area contributed by atoms with Crippen LogP contribution in [-0.4, -0.2) is 20.2 Å². The number of aromatic carboxylic acids is 1.